The Morgan fingerprint density at radius 1 is 1.03 bits per heavy atom. The molecule has 3 aromatic rings. The molecule has 1 saturated heterocycles. The van der Waals surface area contributed by atoms with Gasteiger partial charge in [-0.15, -0.1) is 12.4 Å². The monoisotopic (exact) mass is 412 g/mol. The number of piperidine rings is 1. The molecular weight excluding hydrogens is 384 g/mol. The van der Waals surface area contributed by atoms with Gasteiger partial charge in [-0.25, -0.2) is 0 Å². The van der Waals surface area contributed by atoms with E-state index in [0.29, 0.717) is 11.7 Å². The lowest BCUT2D eigenvalue weighted by Gasteiger charge is -2.36. The van der Waals surface area contributed by atoms with E-state index in [1.807, 2.05) is 43.4 Å². The van der Waals surface area contributed by atoms with Crippen molar-refractivity contribution in [1.29, 1.82) is 0 Å². The standard InChI is InChI=1S/C23H28N4O.ClH/c1-24-15-12-18-13-16-27(17-14-18)21(19-8-4-2-5-9-19)23-25-22(26-28-23)20-10-6-3-7-11-20;/h2-11,18,21,24H,12-17H2,1H3;1H. The maximum atomic E-state index is 5.77. The number of aromatic nitrogens is 2. The van der Waals surface area contributed by atoms with Crippen LogP contribution in [0.5, 0.6) is 0 Å². The molecule has 1 aromatic heterocycles. The number of halogens is 1. The first-order chi connectivity index (χ1) is 13.8. The lowest BCUT2D eigenvalue weighted by molar-refractivity contribution is 0.127. The predicted octanol–water partition coefficient (Wildman–Crippen LogP) is 4.57. The van der Waals surface area contributed by atoms with Crippen LogP contribution in [0.1, 0.15) is 36.8 Å². The fourth-order valence-electron chi connectivity index (χ4n) is 4.04. The number of likely N-dealkylation sites (tertiary alicyclic amines) is 1. The van der Waals surface area contributed by atoms with Crippen molar-refractivity contribution >= 4 is 12.4 Å². The summed E-state index contributed by atoms with van der Waals surface area (Å²) in [7, 11) is 2.03. The normalized spacial score (nSPS) is 16.3. The molecule has 0 radical (unpaired) electrons. The first-order valence-corrected chi connectivity index (χ1v) is 10.2. The highest BCUT2D eigenvalue weighted by Gasteiger charge is 2.31. The molecule has 6 heteroatoms. The molecule has 2 aromatic carbocycles. The molecule has 1 aliphatic rings. The molecule has 4 rings (SSSR count). The molecule has 154 valence electrons. The summed E-state index contributed by atoms with van der Waals surface area (Å²) in [6.45, 7) is 3.20. The van der Waals surface area contributed by atoms with Crippen molar-refractivity contribution in [3.8, 4) is 11.4 Å². The highest BCUT2D eigenvalue weighted by molar-refractivity contribution is 5.85. The van der Waals surface area contributed by atoms with E-state index >= 15 is 0 Å². The molecule has 1 N–H and O–H groups in total. The van der Waals surface area contributed by atoms with Gasteiger partial charge in [0.15, 0.2) is 0 Å². The minimum Gasteiger partial charge on any atom is -0.337 e. The highest BCUT2D eigenvalue weighted by atomic mass is 35.5. The Morgan fingerprint density at radius 3 is 2.34 bits per heavy atom. The third kappa shape index (κ3) is 5.24. The molecule has 1 aliphatic heterocycles. The van der Waals surface area contributed by atoms with Gasteiger partial charge < -0.3 is 9.84 Å². The quantitative estimate of drug-likeness (QED) is 0.616. The second kappa shape index (κ2) is 10.5. The lowest BCUT2D eigenvalue weighted by Crippen LogP contribution is -2.38. The second-order valence-corrected chi connectivity index (χ2v) is 7.51. The maximum absolute atomic E-state index is 5.77. The van der Waals surface area contributed by atoms with E-state index in [4.69, 9.17) is 9.51 Å². The van der Waals surface area contributed by atoms with Gasteiger partial charge in [0.1, 0.15) is 6.04 Å². The predicted molar refractivity (Wildman–Crippen MR) is 118 cm³/mol. The van der Waals surface area contributed by atoms with E-state index in [2.05, 4.69) is 39.6 Å². The first-order valence-electron chi connectivity index (χ1n) is 10.2. The fraction of sp³-hybridized carbons (Fsp3) is 0.391. The van der Waals surface area contributed by atoms with Crippen LogP contribution < -0.4 is 5.32 Å². The van der Waals surface area contributed by atoms with Crippen molar-refractivity contribution in [2.45, 2.75) is 25.3 Å². The van der Waals surface area contributed by atoms with Gasteiger partial charge in [-0.1, -0.05) is 65.8 Å². The van der Waals surface area contributed by atoms with Gasteiger partial charge in [0.25, 0.3) is 0 Å². The van der Waals surface area contributed by atoms with Crippen LogP contribution in [0.4, 0.5) is 0 Å². The van der Waals surface area contributed by atoms with E-state index in [-0.39, 0.29) is 18.4 Å². The lowest BCUT2D eigenvalue weighted by atomic mass is 9.91. The van der Waals surface area contributed by atoms with Crippen LogP contribution in [0, 0.1) is 5.92 Å². The summed E-state index contributed by atoms with van der Waals surface area (Å²) in [5, 5.41) is 7.53. The first kappa shape index (κ1) is 21.5. The van der Waals surface area contributed by atoms with E-state index in [1.165, 1.54) is 24.8 Å². The minimum absolute atomic E-state index is 0. The van der Waals surface area contributed by atoms with Crippen molar-refractivity contribution in [3.63, 3.8) is 0 Å². The molecule has 0 saturated carbocycles. The Bertz CT molecular complexity index is 848. The number of nitrogens with zero attached hydrogens (tertiary/aromatic N) is 3. The summed E-state index contributed by atoms with van der Waals surface area (Å²) in [5.74, 6) is 2.13. The summed E-state index contributed by atoms with van der Waals surface area (Å²) in [6, 6.07) is 20.5. The van der Waals surface area contributed by atoms with Gasteiger partial charge in [0.2, 0.25) is 11.7 Å². The van der Waals surface area contributed by atoms with Gasteiger partial charge >= 0.3 is 0 Å². The Labute approximate surface area is 178 Å². The zero-order valence-corrected chi connectivity index (χ0v) is 17.6. The van der Waals surface area contributed by atoms with Crippen LogP contribution in [-0.2, 0) is 0 Å². The average Bonchev–Trinajstić information content (AvgIpc) is 3.24. The third-order valence-corrected chi connectivity index (χ3v) is 5.64. The molecule has 0 bridgehead atoms. The van der Waals surface area contributed by atoms with Gasteiger partial charge in [0, 0.05) is 5.56 Å². The Morgan fingerprint density at radius 2 is 1.69 bits per heavy atom. The summed E-state index contributed by atoms with van der Waals surface area (Å²) in [4.78, 5) is 7.27. The Kier molecular flexibility index (Phi) is 7.81. The van der Waals surface area contributed by atoms with Gasteiger partial charge in [-0.3, -0.25) is 4.90 Å². The maximum Gasteiger partial charge on any atom is 0.248 e. The van der Waals surface area contributed by atoms with Gasteiger partial charge in [-0.2, -0.15) is 4.98 Å². The van der Waals surface area contributed by atoms with Gasteiger partial charge in [0.05, 0.1) is 0 Å². The molecule has 2 heterocycles. The minimum atomic E-state index is 0. The largest absolute Gasteiger partial charge is 0.337 e. The van der Waals surface area contributed by atoms with Crippen LogP contribution in [-0.4, -0.2) is 41.7 Å². The van der Waals surface area contributed by atoms with Crippen molar-refractivity contribution in [2.24, 2.45) is 5.92 Å². The molecular formula is C23H29ClN4O. The number of hydrogen-bond donors (Lipinski definition) is 1. The highest BCUT2D eigenvalue weighted by Crippen LogP contribution is 2.33. The van der Waals surface area contributed by atoms with Crippen LogP contribution in [0.2, 0.25) is 0 Å². The molecule has 5 nitrogen and oxygen atoms in total. The summed E-state index contributed by atoms with van der Waals surface area (Å²) in [5.41, 5.74) is 2.19. The zero-order chi connectivity index (χ0) is 19.2. The van der Waals surface area contributed by atoms with Crippen LogP contribution in [0.25, 0.3) is 11.4 Å². The van der Waals surface area contributed by atoms with E-state index < -0.39 is 0 Å². The molecule has 0 amide bonds. The van der Waals surface area contributed by atoms with Crippen molar-refractivity contribution in [3.05, 3.63) is 72.1 Å². The van der Waals surface area contributed by atoms with Crippen LogP contribution in [0.3, 0.4) is 0 Å². The van der Waals surface area contributed by atoms with Gasteiger partial charge in [-0.05, 0) is 57.4 Å². The second-order valence-electron chi connectivity index (χ2n) is 7.51. The number of hydrogen-bond acceptors (Lipinski definition) is 5. The van der Waals surface area contributed by atoms with E-state index in [1.54, 1.807) is 0 Å². The molecule has 0 aliphatic carbocycles. The smallest absolute Gasteiger partial charge is 0.248 e. The third-order valence-electron chi connectivity index (χ3n) is 5.64. The summed E-state index contributed by atoms with van der Waals surface area (Å²) >= 11 is 0. The zero-order valence-electron chi connectivity index (χ0n) is 16.8. The molecule has 0 spiro atoms. The molecule has 1 fully saturated rings. The Balaban J connectivity index is 0.00000240. The van der Waals surface area contributed by atoms with Crippen molar-refractivity contribution in [2.75, 3.05) is 26.7 Å². The number of nitrogens with one attached hydrogen (secondary N) is 1. The topological polar surface area (TPSA) is 54.2 Å². The summed E-state index contributed by atoms with van der Waals surface area (Å²) < 4.78 is 5.77. The number of rotatable bonds is 7. The average molecular weight is 413 g/mol. The fourth-order valence-corrected chi connectivity index (χ4v) is 4.04. The van der Waals surface area contributed by atoms with E-state index in [9.17, 15) is 0 Å². The SMILES string of the molecule is CNCCC1CCN(C(c2ccccc2)c2nc(-c3ccccc3)no2)CC1.Cl. The molecule has 1 unspecified atom stereocenters. The van der Waals surface area contributed by atoms with Crippen LogP contribution >= 0.6 is 12.4 Å². The van der Waals surface area contributed by atoms with Crippen molar-refractivity contribution in [1.82, 2.24) is 20.4 Å². The van der Waals surface area contributed by atoms with Crippen LogP contribution in [0.15, 0.2) is 65.2 Å². The Hall–Kier alpha value is -2.21. The molecule has 1 atom stereocenters. The molecule has 29 heavy (non-hydrogen) atoms. The number of benzene rings is 2. The van der Waals surface area contributed by atoms with E-state index in [0.717, 1.165) is 31.1 Å². The van der Waals surface area contributed by atoms with Crippen molar-refractivity contribution < 1.29 is 4.52 Å². The summed E-state index contributed by atoms with van der Waals surface area (Å²) in [6.07, 6.45) is 3.68.